The highest BCUT2D eigenvalue weighted by atomic mass is 16.6. The summed E-state index contributed by atoms with van der Waals surface area (Å²) in [6.45, 7) is 2.68. The Morgan fingerprint density at radius 2 is 1.84 bits per heavy atom. The van der Waals surface area contributed by atoms with E-state index in [0.717, 1.165) is 18.2 Å². The second kappa shape index (κ2) is 5.53. The van der Waals surface area contributed by atoms with Crippen LogP contribution >= 0.6 is 0 Å². The van der Waals surface area contributed by atoms with Gasteiger partial charge in [0, 0.05) is 12.0 Å². The maximum Gasteiger partial charge on any atom is 0.282 e. The van der Waals surface area contributed by atoms with Gasteiger partial charge in [-0.15, -0.1) is 0 Å². The average molecular weight is 268 g/mol. The number of nitro benzene ring substituents is 2. The molecule has 0 saturated carbocycles. The third kappa shape index (κ3) is 3.10. The molecule has 0 bridgehead atoms. The van der Waals surface area contributed by atoms with E-state index in [4.69, 9.17) is 0 Å². The lowest BCUT2D eigenvalue weighted by Crippen LogP contribution is -2.17. The molecule has 1 N–H and O–H groups in total. The van der Waals surface area contributed by atoms with Crippen molar-refractivity contribution < 1.29 is 19.7 Å². The van der Waals surface area contributed by atoms with Gasteiger partial charge in [0.25, 0.3) is 11.4 Å². The number of carbonyl (C=O) groups excluding carboxylic acids is 1. The minimum absolute atomic E-state index is 0.113. The van der Waals surface area contributed by atoms with Crippen LogP contribution in [0.5, 0.6) is 0 Å². The maximum absolute atomic E-state index is 11.2. The molecule has 0 radical (unpaired) electrons. The number of nitro groups is 2. The van der Waals surface area contributed by atoms with Gasteiger partial charge in [0.05, 0.1) is 27.6 Å². The molecular formula is C11H12N2O6. The van der Waals surface area contributed by atoms with E-state index in [1.54, 1.807) is 0 Å². The first-order valence-corrected chi connectivity index (χ1v) is 5.37. The molecule has 0 aliphatic rings. The molecule has 102 valence electrons. The molecule has 1 aromatic carbocycles. The summed E-state index contributed by atoms with van der Waals surface area (Å²) < 4.78 is 0. The van der Waals surface area contributed by atoms with Crippen LogP contribution in [0.25, 0.3) is 0 Å². The highest BCUT2D eigenvalue weighted by Crippen LogP contribution is 2.33. The van der Waals surface area contributed by atoms with E-state index in [1.807, 2.05) is 0 Å². The minimum Gasteiger partial charge on any atom is -0.387 e. The van der Waals surface area contributed by atoms with Crippen molar-refractivity contribution in [2.45, 2.75) is 20.0 Å². The Balaban J connectivity index is 3.31. The normalized spacial score (nSPS) is 13.6. The van der Waals surface area contributed by atoms with Crippen molar-refractivity contribution in [3.05, 3.63) is 44.0 Å². The largest absolute Gasteiger partial charge is 0.387 e. The van der Waals surface area contributed by atoms with Crippen molar-refractivity contribution in [2.75, 3.05) is 0 Å². The van der Waals surface area contributed by atoms with Gasteiger partial charge in [0.1, 0.15) is 5.78 Å². The summed E-state index contributed by atoms with van der Waals surface area (Å²) in [5.41, 5.74) is -1.13. The summed E-state index contributed by atoms with van der Waals surface area (Å²) in [6.07, 6.45) is -1.38. The van der Waals surface area contributed by atoms with Gasteiger partial charge in [-0.2, -0.15) is 0 Å². The summed E-state index contributed by atoms with van der Waals surface area (Å²) in [6, 6.07) is 2.92. The zero-order valence-electron chi connectivity index (χ0n) is 10.3. The molecule has 0 spiro atoms. The lowest BCUT2D eigenvalue weighted by atomic mass is 9.93. The molecule has 1 aromatic rings. The molecule has 0 saturated heterocycles. The van der Waals surface area contributed by atoms with E-state index in [1.165, 1.54) is 13.8 Å². The Morgan fingerprint density at radius 1 is 1.26 bits per heavy atom. The first-order valence-electron chi connectivity index (χ1n) is 5.37. The van der Waals surface area contributed by atoms with Gasteiger partial charge in [-0.3, -0.25) is 25.0 Å². The molecule has 8 heteroatoms. The summed E-state index contributed by atoms with van der Waals surface area (Å²) >= 11 is 0. The summed E-state index contributed by atoms with van der Waals surface area (Å²) in [5.74, 6) is -1.17. The minimum atomic E-state index is -1.38. The van der Waals surface area contributed by atoms with Crippen LogP contribution in [0.4, 0.5) is 11.4 Å². The monoisotopic (exact) mass is 268 g/mol. The van der Waals surface area contributed by atoms with E-state index in [0.29, 0.717) is 0 Å². The predicted octanol–water partition coefficient (Wildman–Crippen LogP) is 1.76. The highest BCUT2D eigenvalue weighted by molar-refractivity contribution is 5.79. The molecular weight excluding hydrogens is 256 g/mol. The number of aliphatic hydroxyl groups excluding tert-OH is 1. The first-order chi connectivity index (χ1) is 8.75. The van der Waals surface area contributed by atoms with Crippen LogP contribution < -0.4 is 0 Å². The van der Waals surface area contributed by atoms with Crippen LogP contribution in [-0.4, -0.2) is 20.7 Å². The predicted molar refractivity (Wildman–Crippen MR) is 64.6 cm³/mol. The fraction of sp³-hybridized carbons (Fsp3) is 0.364. The Kier molecular flexibility index (Phi) is 4.28. The quantitative estimate of drug-likeness (QED) is 0.640. The van der Waals surface area contributed by atoms with Crippen molar-refractivity contribution >= 4 is 17.2 Å². The lowest BCUT2D eigenvalue weighted by Gasteiger charge is -2.16. The molecule has 0 aliphatic heterocycles. The van der Waals surface area contributed by atoms with Gasteiger partial charge in [-0.1, -0.05) is 6.92 Å². The fourth-order valence-corrected chi connectivity index (χ4v) is 1.55. The number of rotatable bonds is 5. The van der Waals surface area contributed by atoms with Crippen LogP contribution in [0.1, 0.15) is 25.5 Å². The number of Topliss-reactive ketones (excluding diaryl/α,β-unsaturated/α-hetero) is 1. The van der Waals surface area contributed by atoms with E-state index in [9.17, 15) is 30.1 Å². The highest BCUT2D eigenvalue weighted by Gasteiger charge is 2.29. The summed E-state index contributed by atoms with van der Waals surface area (Å²) in [4.78, 5) is 31.0. The third-order valence-corrected chi connectivity index (χ3v) is 2.86. The molecule has 8 nitrogen and oxygen atoms in total. The van der Waals surface area contributed by atoms with Crippen molar-refractivity contribution in [1.82, 2.24) is 0 Å². The van der Waals surface area contributed by atoms with Crippen molar-refractivity contribution in [3.63, 3.8) is 0 Å². The molecule has 0 aromatic heterocycles. The van der Waals surface area contributed by atoms with Gasteiger partial charge >= 0.3 is 0 Å². The molecule has 0 amide bonds. The summed E-state index contributed by atoms with van der Waals surface area (Å²) in [5, 5.41) is 31.4. The first kappa shape index (κ1) is 14.7. The second-order valence-electron chi connectivity index (χ2n) is 4.10. The zero-order chi connectivity index (χ0) is 14.7. The van der Waals surface area contributed by atoms with Crippen LogP contribution in [0, 0.1) is 26.1 Å². The van der Waals surface area contributed by atoms with Gasteiger partial charge in [0.15, 0.2) is 0 Å². The summed E-state index contributed by atoms with van der Waals surface area (Å²) in [7, 11) is 0. The fourth-order valence-electron chi connectivity index (χ4n) is 1.55. The zero-order valence-corrected chi connectivity index (χ0v) is 10.3. The van der Waals surface area contributed by atoms with Gasteiger partial charge in [0.2, 0.25) is 0 Å². The van der Waals surface area contributed by atoms with Crippen molar-refractivity contribution in [3.8, 4) is 0 Å². The average Bonchev–Trinajstić information content (AvgIpc) is 2.35. The molecule has 0 fully saturated rings. The number of ketones is 1. The van der Waals surface area contributed by atoms with E-state index in [2.05, 4.69) is 0 Å². The number of hydrogen-bond acceptors (Lipinski definition) is 6. The maximum atomic E-state index is 11.2. The lowest BCUT2D eigenvalue weighted by molar-refractivity contribution is -0.395. The number of nitrogens with zero attached hydrogens (tertiary/aromatic N) is 2. The second-order valence-corrected chi connectivity index (χ2v) is 4.10. The number of aliphatic hydroxyl groups is 1. The van der Waals surface area contributed by atoms with Gasteiger partial charge in [-0.05, 0) is 13.0 Å². The van der Waals surface area contributed by atoms with Crippen molar-refractivity contribution in [2.24, 2.45) is 5.92 Å². The molecule has 0 unspecified atom stereocenters. The molecule has 0 aliphatic carbocycles. The number of benzene rings is 1. The number of non-ortho nitro benzene ring substituents is 1. The Hall–Kier alpha value is -2.35. The third-order valence-electron chi connectivity index (χ3n) is 2.86. The Labute approximate surface area is 108 Å². The number of carbonyl (C=O) groups is 1. The molecule has 19 heavy (non-hydrogen) atoms. The smallest absolute Gasteiger partial charge is 0.282 e. The number of hydrogen-bond donors (Lipinski definition) is 1. The van der Waals surface area contributed by atoms with Crippen molar-refractivity contribution in [1.29, 1.82) is 0 Å². The van der Waals surface area contributed by atoms with E-state index >= 15 is 0 Å². The standard InChI is InChI=1S/C11H12N2O6/c1-6(7(2)14)11(15)9-4-3-8(12(16)17)5-10(9)13(18)19/h3-6,11,15H,1-2H3/t6-,11+/m1/s1. The van der Waals surface area contributed by atoms with Crippen LogP contribution in [0.15, 0.2) is 18.2 Å². The molecule has 2 atom stereocenters. The van der Waals surface area contributed by atoms with E-state index < -0.39 is 33.2 Å². The Morgan fingerprint density at radius 3 is 2.26 bits per heavy atom. The Bertz CT molecular complexity index is 542. The topological polar surface area (TPSA) is 124 Å². The van der Waals surface area contributed by atoms with Crippen LogP contribution in [0.3, 0.4) is 0 Å². The van der Waals surface area contributed by atoms with Crippen LogP contribution in [0.2, 0.25) is 0 Å². The molecule has 0 heterocycles. The van der Waals surface area contributed by atoms with Crippen LogP contribution in [-0.2, 0) is 4.79 Å². The van der Waals surface area contributed by atoms with Gasteiger partial charge < -0.3 is 5.11 Å². The molecule has 1 rings (SSSR count). The SMILES string of the molecule is CC(=O)[C@@H](C)[C@H](O)c1ccc([N+](=O)[O-])cc1[N+](=O)[O-]. The van der Waals surface area contributed by atoms with E-state index in [-0.39, 0.29) is 11.3 Å². The van der Waals surface area contributed by atoms with Gasteiger partial charge in [-0.25, -0.2) is 0 Å².